The van der Waals surface area contributed by atoms with E-state index in [4.69, 9.17) is 0 Å². The number of hydrogen-bond donors (Lipinski definition) is 2. The number of nitrogens with zero attached hydrogens (tertiary/aromatic N) is 1. The van der Waals surface area contributed by atoms with Crippen molar-refractivity contribution >= 4 is 0 Å². The van der Waals surface area contributed by atoms with E-state index in [0.717, 1.165) is 25.3 Å². The molecule has 0 unspecified atom stereocenters. The highest BCUT2D eigenvalue weighted by atomic mass is 16.3. The van der Waals surface area contributed by atoms with Crippen LogP contribution < -0.4 is 5.32 Å². The highest BCUT2D eigenvalue weighted by Gasteiger charge is 2.33. The molecule has 118 valence electrons. The summed E-state index contributed by atoms with van der Waals surface area (Å²) in [6, 6.07) is 0.621. The van der Waals surface area contributed by atoms with Gasteiger partial charge in [-0.2, -0.15) is 0 Å². The number of hydrogen-bond acceptors (Lipinski definition) is 3. The standard InChI is InChI=1S/C17H34N2O/c1-3-11-19-12-7-16(8-13-19)18-14-17(20)9-5-15(4-2)6-10-17/h15-16,18,20H,3-14H2,1-2H3. The van der Waals surface area contributed by atoms with Crippen LogP contribution in [0.2, 0.25) is 0 Å². The Kier molecular flexibility index (Phi) is 6.31. The average Bonchev–Trinajstić information content (AvgIpc) is 2.48. The molecule has 2 aliphatic rings. The third-order valence-electron chi connectivity index (χ3n) is 5.46. The van der Waals surface area contributed by atoms with Gasteiger partial charge in [0.1, 0.15) is 0 Å². The zero-order valence-corrected chi connectivity index (χ0v) is 13.5. The molecule has 0 radical (unpaired) electrons. The highest BCUT2D eigenvalue weighted by molar-refractivity contribution is 4.89. The summed E-state index contributed by atoms with van der Waals surface area (Å²) in [6.45, 7) is 9.03. The quantitative estimate of drug-likeness (QED) is 0.786. The van der Waals surface area contributed by atoms with Gasteiger partial charge in [0.15, 0.2) is 0 Å². The van der Waals surface area contributed by atoms with Crippen molar-refractivity contribution in [2.75, 3.05) is 26.2 Å². The summed E-state index contributed by atoms with van der Waals surface area (Å²) in [5.74, 6) is 0.854. The van der Waals surface area contributed by atoms with Gasteiger partial charge in [0.2, 0.25) is 0 Å². The Morgan fingerprint density at radius 3 is 2.30 bits per heavy atom. The molecule has 0 spiro atoms. The van der Waals surface area contributed by atoms with Crippen molar-refractivity contribution in [3.8, 4) is 0 Å². The van der Waals surface area contributed by atoms with E-state index in [2.05, 4.69) is 24.1 Å². The molecule has 3 nitrogen and oxygen atoms in total. The molecular weight excluding hydrogens is 248 g/mol. The van der Waals surface area contributed by atoms with E-state index in [1.165, 1.54) is 58.2 Å². The Balaban J connectivity index is 1.65. The largest absolute Gasteiger partial charge is 0.389 e. The molecule has 2 fully saturated rings. The van der Waals surface area contributed by atoms with Crippen LogP contribution in [0.5, 0.6) is 0 Å². The predicted octanol–water partition coefficient (Wildman–Crippen LogP) is 2.78. The maximum atomic E-state index is 10.7. The summed E-state index contributed by atoms with van der Waals surface area (Å²) in [5, 5.41) is 14.3. The average molecular weight is 282 g/mol. The summed E-state index contributed by atoms with van der Waals surface area (Å²) < 4.78 is 0. The van der Waals surface area contributed by atoms with Gasteiger partial charge >= 0.3 is 0 Å². The zero-order valence-electron chi connectivity index (χ0n) is 13.5. The van der Waals surface area contributed by atoms with E-state index in [-0.39, 0.29) is 0 Å². The van der Waals surface area contributed by atoms with Crippen LogP contribution in [0.4, 0.5) is 0 Å². The van der Waals surface area contributed by atoms with Crippen molar-refractivity contribution in [3.63, 3.8) is 0 Å². The van der Waals surface area contributed by atoms with Crippen molar-refractivity contribution in [3.05, 3.63) is 0 Å². The Morgan fingerprint density at radius 1 is 1.10 bits per heavy atom. The molecule has 0 bridgehead atoms. The Hall–Kier alpha value is -0.120. The lowest BCUT2D eigenvalue weighted by Crippen LogP contribution is -2.49. The molecule has 0 aromatic rings. The molecule has 2 N–H and O–H groups in total. The van der Waals surface area contributed by atoms with E-state index in [1.54, 1.807) is 0 Å². The maximum absolute atomic E-state index is 10.7. The van der Waals surface area contributed by atoms with E-state index in [9.17, 15) is 5.11 Å². The minimum Gasteiger partial charge on any atom is -0.389 e. The number of piperidine rings is 1. The summed E-state index contributed by atoms with van der Waals surface area (Å²) in [4.78, 5) is 2.57. The predicted molar refractivity (Wildman–Crippen MR) is 85.0 cm³/mol. The second kappa shape index (κ2) is 7.77. The molecule has 1 saturated heterocycles. The number of rotatable bonds is 6. The van der Waals surface area contributed by atoms with Crippen LogP contribution in [0, 0.1) is 5.92 Å². The van der Waals surface area contributed by atoms with Crippen LogP contribution in [0.25, 0.3) is 0 Å². The van der Waals surface area contributed by atoms with Crippen LogP contribution >= 0.6 is 0 Å². The fourth-order valence-electron chi connectivity index (χ4n) is 3.81. The van der Waals surface area contributed by atoms with Crippen LogP contribution in [0.1, 0.15) is 65.2 Å². The molecule has 1 heterocycles. The molecule has 20 heavy (non-hydrogen) atoms. The van der Waals surface area contributed by atoms with Gasteiger partial charge in [-0.1, -0.05) is 20.3 Å². The van der Waals surface area contributed by atoms with E-state index >= 15 is 0 Å². The van der Waals surface area contributed by atoms with Gasteiger partial charge < -0.3 is 15.3 Å². The van der Waals surface area contributed by atoms with Crippen LogP contribution in [-0.4, -0.2) is 47.8 Å². The van der Waals surface area contributed by atoms with E-state index < -0.39 is 5.60 Å². The molecule has 1 aliphatic heterocycles. The first-order valence-corrected chi connectivity index (χ1v) is 8.83. The van der Waals surface area contributed by atoms with Crippen LogP contribution in [0.3, 0.4) is 0 Å². The molecule has 3 heteroatoms. The van der Waals surface area contributed by atoms with E-state index in [0.29, 0.717) is 6.04 Å². The molecule has 0 aromatic carbocycles. The third-order valence-corrected chi connectivity index (χ3v) is 5.46. The fourth-order valence-corrected chi connectivity index (χ4v) is 3.81. The SMILES string of the molecule is CCCN1CCC(NCC2(O)CCC(CC)CC2)CC1. The lowest BCUT2D eigenvalue weighted by Gasteiger charge is -2.38. The maximum Gasteiger partial charge on any atom is 0.0771 e. The monoisotopic (exact) mass is 282 g/mol. The molecule has 0 amide bonds. The Bertz CT molecular complexity index is 266. The number of likely N-dealkylation sites (tertiary alicyclic amines) is 1. The van der Waals surface area contributed by atoms with Gasteiger partial charge in [-0.3, -0.25) is 0 Å². The van der Waals surface area contributed by atoms with Crippen LogP contribution in [0.15, 0.2) is 0 Å². The fraction of sp³-hybridized carbons (Fsp3) is 1.00. The smallest absolute Gasteiger partial charge is 0.0771 e. The highest BCUT2D eigenvalue weighted by Crippen LogP contribution is 2.33. The zero-order chi connectivity index (χ0) is 14.4. The summed E-state index contributed by atoms with van der Waals surface area (Å²) in [5.41, 5.74) is -0.424. The van der Waals surface area contributed by atoms with Gasteiger partial charge in [0, 0.05) is 12.6 Å². The topological polar surface area (TPSA) is 35.5 Å². The first-order valence-electron chi connectivity index (χ1n) is 8.83. The lowest BCUT2D eigenvalue weighted by atomic mass is 9.77. The third kappa shape index (κ3) is 4.71. The van der Waals surface area contributed by atoms with Gasteiger partial charge in [0.05, 0.1) is 5.60 Å². The van der Waals surface area contributed by atoms with Gasteiger partial charge in [-0.25, -0.2) is 0 Å². The van der Waals surface area contributed by atoms with Crippen molar-refractivity contribution in [2.24, 2.45) is 5.92 Å². The molecule has 2 rings (SSSR count). The Labute approximate surface area is 125 Å². The van der Waals surface area contributed by atoms with Crippen molar-refractivity contribution in [1.29, 1.82) is 0 Å². The van der Waals surface area contributed by atoms with Crippen molar-refractivity contribution in [2.45, 2.75) is 76.9 Å². The second-order valence-electron chi connectivity index (χ2n) is 7.07. The summed E-state index contributed by atoms with van der Waals surface area (Å²) in [7, 11) is 0. The van der Waals surface area contributed by atoms with Gasteiger partial charge in [0.25, 0.3) is 0 Å². The Morgan fingerprint density at radius 2 is 1.75 bits per heavy atom. The summed E-state index contributed by atoms with van der Waals surface area (Å²) >= 11 is 0. The van der Waals surface area contributed by atoms with E-state index in [1.807, 2.05) is 0 Å². The first kappa shape index (κ1) is 16.3. The first-order chi connectivity index (χ1) is 9.65. The van der Waals surface area contributed by atoms with Crippen molar-refractivity contribution in [1.82, 2.24) is 10.2 Å². The van der Waals surface area contributed by atoms with Crippen LogP contribution in [-0.2, 0) is 0 Å². The minimum atomic E-state index is -0.424. The number of aliphatic hydroxyl groups is 1. The van der Waals surface area contributed by atoms with Gasteiger partial charge in [-0.15, -0.1) is 0 Å². The molecule has 1 saturated carbocycles. The molecule has 1 aliphatic carbocycles. The second-order valence-corrected chi connectivity index (χ2v) is 7.07. The minimum absolute atomic E-state index is 0.424. The molecule has 0 atom stereocenters. The number of nitrogens with one attached hydrogen (secondary N) is 1. The normalized spacial score (nSPS) is 33.5. The summed E-state index contributed by atoms with van der Waals surface area (Å²) in [6.07, 6.45) is 9.44. The van der Waals surface area contributed by atoms with Crippen molar-refractivity contribution < 1.29 is 5.11 Å². The molecular formula is C17H34N2O. The lowest BCUT2D eigenvalue weighted by molar-refractivity contribution is -0.0122. The molecule has 0 aromatic heterocycles. The van der Waals surface area contributed by atoms with Gasteiger partial charge in [-0.05, 0) is 70.5 Å².